The van der Waals surface area contributed by atoms with E-state index in [2.05, 4.69) is 23.2 Å². The van der Waals surface area contributed by atoms with Gasteiger partial charge in [-0.25, -0.2) is 0 Å². The van der Waals surface area contributed by atoms with Gasteiger partial charge in [0.1, 0.15) is 0 Å². The fourth-order valence-electron chi connectivity index (χ4n) is 0.160. The summed E-state index contributed by atoms with van der Waals surface area (Å²) < 4.78 is 16.6. The Kier molecular flexibility index (Phi) is 5.66. The number of alkyl halides is 2. The molecule has 0 aliphatic heterocycles. The molecule has 11 heteroatoms. The first-order valence-electron chi connectivity index (χ1n) is 1.96. The molecule has 0 heterocycles. The zero-order chi connectivity index (χ0) is 9.50. The first-order chi connectivity index (χ1) is 4.50. The number of halogens is 2. The van der Waals surface area contributed by atoms with Crippen molar-refractivity contribution in [1.29, 1.82) is 0 Å². The van der Waals surface area contributed by atoms with Crippen LogP contribution in [-0.4, -0.2) is 13.6 Å². The van der Waals surface area contributed by atoms with Crippen molar-refractivity contribution in [1.82, 2.24) is 0 Å². The molecule has 0 aliphatic carbocycles. The summed E-state index contributed by atoms with van der Waals surface area (Å²) in [7, 11) is -11.1. The maximum absolute atomic E-state index is 10.1. The van der Waals surface area contributed by atoms with Gasteiger partial charge >= 0.3 is 17.1 Å². The normalized spacial score (nSPS) is 21.8. The SMILES string of the molecule is O=P([O-])(O)C(Cl)(Cl)P(=O)([O-])O.[Mn+2]. The van der Waals surface area contributed by atoms with E-state index in [0.717, 1.165) is 0 Å². The Balaban J connectivity index is 0. The third-order valence-electron chi connectivity index (χ3n) is 0.680. The van der Waals surface area contributed by atoms with Crippen LogP contribution in [0.4, 0.5) is 0 Å². The summed E-state index contributed by atoms with van der Waals surface area (Å²) in [5.41, 5.74) is 0. The van der Waals surface area contributed by atoms with Crippen LogP contribution < -0.4 is 9.79 Å². The minimum absolute atomic E-state index is 0. The first-order valence-corrected chi connectivity index (χ1v) is 5.87. The topological polar surface area (TPSA) is 121 Å². The van der Waals surface area contributed by atoms with Crippen molar-refractivity contribution in [2.75, 3.05) is 0 Å². The second kappa shape index (κ2) is 4.28. The van der Waals surface area contributed by atoms with Gasteiger partial charge in [-0.15, -0.1) is 0 Å². The number of hydrogen-bond acceptors (Lipinski definition) is 4. The average molecular weight is 298 g/mol. The van der Waals surface area contributed by atoms with Gasteiger partial charge in [0.05, 0.1) is 0 Å². The summed E-state index contributed by atoms with van der Waals surface area (Å²) in [6, 6.07) is 0. The van der Waals surface area contributed by atoms with Crippen LogP contribution in [-0.2, 0) is 26.2 Å². The van der Waals surface area contributed by atoms with Crippen molar-refractivity contribution < 1.29 is 45.8 Å². The van der Waals surface area contributed by atoms with Crippen LogP contribution in [0.15, 0.2) is 0 Å². The molecular formula is CH2Cl2MnO6P2. The van der Waals surface area contributed by atoms with Gasteiger partial charge in [0.25, 0.3) is 0 Å². The Bertz CT molecular complexity index is 216. The second-order valence-corrected chi connectivity index (χ2v) is 7.71. The van der Waals surface area contributed by atoms with E-state index in [1.54, 1.807) is 0 Å². The standard InChI is InChI=1S/CH4Cl2O6P2.Mn/c2-1(3,10(4,5)6)11(7,8)9;/h(H2,4,5,6)(H2,7,8,9);/q;+2/p-2. The fraction of sp³-hybridized carbons (Fsp3) is 1.00. The molecule has 2 N–H and O–H groups in total. The van der Waals surface area contributed by atoms with Crippen molar-refractivity contribution in [3.8, 4) is 0 Å². The van der Waals surface area contributed by atoms with Crippen molar-refractivity contribution in [2.24, 2.45) is 0 Å². The van der Waals surface area contributed by atoms with Crippen molar-refractivity contribution in [2.45, 2.75) is 3.82 Å². The van der Waals surface area contributed by atoms with Crippen LogP contribution in [0.3, 0.4) is 0 Å². The van der Waals surface area contributed by atoms with Gasteiger partial charge < -0.3 is 28.7 Å². The number of hydrogen-bond donors (Lipinski definition) is 2. The number of rotatable bonds is 2. The summed E-state index contributed by atoms with van der Waals surface area (Å²) in [5, 5.41) is 0. The quantitative estimate of drug-likeness (QED) is 0.390. The summed E-state index contributed by atoms with van der Waals surface area (Å²) >= 11 is 9.21. The molecule has 2 atom stereocenters. The third-order valence-corrected chi connectivity index (χ3v) is 6.12. The van der Waals surface area contributed by atoms with Gasteiger partial charge in [0.15, 0.2) is 15.2 Å². The minimum atomic E-state index is -5.53. The van der Waals surface area contributed by atoms with Crippen LogP contribution in [0.25, 0.3) is 0 Å². The van der Waals surface area contributed by atoms with Crippen LogP contribution in [0.5, 0.6) is 0 Å². The first kappa shape index (κ1) is 15.9. The van der Waals surface area contributed by atoms with Gasteiger partial charge in [0, 0.05) is 0 Å². The van der Waals surface area contributed by atoms with E-state index < -0.39 is 19.0 Å². The van der Waals surface area contributed by atoms with E-state index in [4.69, 9.17) is 9.79 Å². The summed E-state index contributed by atoms with van der Waals surface area (Å²) in [6.45, 7) is 0. The van der Waals surface area contributed by atoms with Gasteiger partial charge in [0.2, 0.25) is 3.82 Å². The molecular weight excluding hydrogens is 296 g/mol. The summed E-state index contributed by atoms with van der Waals surface area (Å²) in [5.74, 6) is 0. The van der Waals surface area contributed by atoms with Crippen LogP contribution in [0.1, 0.15) is 0 Å². The van der Waals surface area contributed by atoms with Crippen molar-refractivity contribution in [3.63, 3.8) is 0 Å². The van der Waals surface area contributed by atoms with E-state index in [0.29, 0.717) is 0 Å². The van der Waals surface area contributed by atoms with Crippen molar-refractivity contribution >= 4 is 38.4 Å². The van der Waals surface area contributed by atoms with Gasteiger partial charge in [-0.3, -0.25) is 0 Å². The van der Waals surface area contributed by atoms with Crippen molar-refractivity contribution in [3.05, 3.63) is 0 Å². The van der Waals surface area contributed by atoms with Gasteiger partial charge in [-0.2, -0.15) is 0 Å². The Morgan fingerprint density at radius 2 is 1.25 bits per heavy atom. The zero-order valence-electron chi connectivity index (χ0n) is 5.06. The third kappa shape index (κ3) is 3.28. The molecule has 0 fully saturated rings. The predicted molar refractivity (Wildman–Crippen MR) is 34.1 cm³/mol. The Morgan fingerprint density at radius 1 is 1.08 bits per heavy atom. The molecule has 0 aromatic carbocycles. The molecule has 0 aromatic heterocycles. The van der Waals surface area contributed by atoms with Crippen LogP contribution in [0.2, 0.25) is 0 Å². The Morgan fingerprint density at radius 3 is 1.25 bits per heavy atom. The summed E-state index contributed by atoms with van der Waals surface area (Å²) in [6.07, 6.45) is 0. The molecule has 0 amide bonds. The van der Waals surface area contributed by atoms with E-state index in [9.17, 15) is 18.9 Å². The zero-order valence-corrected chi connectivity index (χ0v) is 9.54. The van der Waals surface area contributed by atoms with E-state index >= 15 is 0 Å². The molecule has 0 aliphatic rings. The Hall–Kier alpha value is 1.40. The molecule has 0 saturated carbocycles. The largest absolute Gasteiger partial charge is 2.00 e. The van der Waals surface area contributed by atoms with Gasteiger partial charge in [-0.1, -0.05) is 23.2 Å². The fourth-order valence-corrected chi connectivity index (χ4v) is 1.44. The smallest absolute Gasteiger partial charge is 0.776 e. The minimum Gasteiger partial charge on any atom is -0.776 e. The summed E-state index contributed by atoms with van der Waals surface area (Å²) in [4.78, 5) is 36.3. The Labute approximate surface area is 88.0 Å². The van der Waals surface area contributed by atoms with Crippen LogP contribution >= 0.6 is 38.4 Å². The molecule has 1 radical (unpaired) electrons. The van der Waals surface area contributed by atoms with Gasteiger partial charge in [-0.05, 0) is 0 Å². The molecule has 6 nitrogen and oxygen atoms in total. The molecule has 0 bridgehead atoms. The second-order valence-electron chi connectivity index (χ2n) is 1.55. The predicted octanol–water partition coefficient (Wildman–Crippen LogP) is -0.836. The molecule has 0 aromatic rings. The molecule has 0 rings (SSSR count). The maximum Gasteiger partial charge on any atom is 2.00 e. The molecule has 2 unspecified atom stereocenters. The van der Waals surface area contributed by atoms with E-state index in [1.165, 1.54) is 0 Å². The maximum atomic E-state index is 10.1. The molecule has 0 saturated heterocycles. The molecule has 73 valence electrons. The van der Waals surface area contributed by atoms with E-state index in [1.807, 2.05) is 0 Å². The molecule has 12 heavy (non-hydrogen) atoms. The van der Waals surface area contributed by atoms with Crippen LogP contribution in [0, 0.1) is 0 Å². The average Bonchev–Trinajstić information content (AvgIpc) is 1.58. The van der Waals surface area contributed by atoms with E-state index in [-0.39, 0.29) is 17.1 Å². The molecule has 0 spiro atoms. The monoisotopic (exact) mass is 297 g/mol.